The van der Waals surface area contributed by atoms with Crippen LogP contribution in [0.3, 0.4) is 0 Å². The minimum atomic E-state index is -0.776. The predicted molar refractivity (Wildman–Crippen MR) is 284 cm³/mol. The smallest absolute Gasteiger partial charge is 0.306 e. The number of hydrogen-bond acceptors (Lipinski definition) is 6. The third-order valence-corrected chi connectivity index (χ3v) is 12.0. The SMILES string of the molecule is CC/C=C\C/C=C\C/C=C\C/C=C\C/C=C\C/C=C\CCCCCCCCC(=O)OCC(COC(=O)CCCCCCCCC)OC(=O)CCCCCCCCCCCCCCCCCC. The topological polar surface area (TPSA) is 78.9 Å². The first kappa shape index (κ1) is 62.8. The zero-order chi connectivity index (χ0) is 47.9. The molecule has 0 aromatic heterocycles. The molecular formula is C60H104O6. The minimum absolute atomic E-state index is 0.0775. The lowest BCUT2D eigenvalue weighted by molar-refractivity contribution is -0.167. The first-order valence-electron chi connectivity index (χ1n) is 27.9. The van der Waals surface area contributed by atoms with E-state index < -0.39 is 6.10 Å². The number of allylic oxidation sites excluding steroid dienone is 12. The maximum atomic E-state index is 12.8. The van der Waals surface area contributed by atoms with E-state index in [4.69, 9.17) is 14.2 Å². The van der Waals surface area contributed by atoms with Gasteiger partial charge in [0.25, 0.3) is 0 Å². The Balaban J connectivity index is 4.22. The molecule has 0 saturated heterocycles. The second-order valence-corrected chi connectivity index (χ2v) is 18.5. The van der Waals surface area contributed by atoms with E-state index in [2.05, 4.69) is 93.7 Å². The van der Waals surface area contributed by atoms with Crippen molar-refractivity contribution in [3.8, 4) is 0 Å². The molecule has 6 heteroatoms. The summed E-state index contributed by atoms with van der Waals surface area (Å²) >= 11 is 0. The van der Waals surface area contributed by atoms with Gasteiger partial charge in [-0.25, -0.2) is 0 Å². The molecule has 0 fully saturated rings. The van der Waals surface area contributed by atoms with E-state index in [1.807, 2.05) is 0 Å². The number of esters is 3. The Labute approximate surface area is 408 Å². The Hall–Kier alpha value is -3.15. The highest BCUT2D eigenvalue weighted by molar-refractivity contribution is 5.71. The van der Waals surface area contributed by atoms with E-state index in [9.17, 15) is 14.4 Å². The summed E-state index contributed by atoms with van der Waals surface area (Å²) in [4.78, 5) is 37.9. The molecule has 1 atom stereocenters. The minimum Gasteiger partial charge on any atom is -0.462 e. The second kappa shape index (κ2) is 54.5. The van der Waals surface area contributed by atoms with Gasteiger partial charge >= 0.3 is 17.9 Å². The molecule has 0 heterocycles. The van der Waals surface area contributed by atoms with Gasteiger partial charge in [0.2, 0.25) is 0 Å². The molecule has 66 heavy (non-hydrogen) atoms. The van der Waals surface area contributed by atoms with Gasteiger partial charge in [-0.1, -0.05) is 254 Å². The number of carbonyl (C=O) groups excluding carboxylic acids is 3. The number of unbranched alkanes of at least 4 members (excludes halogenated alkanes) is 27. The summed E-state index contributed by atoms with van der Waals surface area (Å²) < 4.78 is 16.8. The third kappa shape index (κ3) is 51.8. The van der Waals surface area contributed by atoms with E-state index in [1.165, 1.54) is 128 Å². The molecule has 1 unspecified atom stereocenters. The fraction of sp³-hybridized carbons (Fsp3) is 0.750. The van der Waals surface area contributed by atoms with Gasteiger partial charge in [-0.3, -0.25) is 14.4 Å². The number of hydrogen-bond donors (Lipinski definition) is 0. The number of carbonyl (C=O) groups is 3. The average molecular weight is 921 g/mol. The Morgan fingerprint density at radius 3 is 0.924 bits per heavy atom. The van der Waals surface area contributed by atoms with Gasteiger partial charge in [0.1, 0.15) is 13.2 Å². The third-order valence-electron chi connectivity index (χ3n) is 12.0. The summed E-state index contributed by atoms with van der Waals surface area (Å²) in [6.45, 7) is 6.49. The van der Waals surface area contributed by atoms with Gasteiger partial charge in [-0.2, -0.15) is 0 Å². The van der Waals surface area contributed by atoms with Crippen LogP contribution in [0, 0.1) is 0 Å². The van der Waals surface area contributed by atoms with Crippen LogP contribution in [-0.2, 0) is 28.6 Å². The number of rotatable bonds is 50. The Morgan fingerprint density at radius 2 is 0.591 bits per heavy atom. The van der Waals surface area contributed by atoms with Crippen LogP contribution in [-0.4, -0.2) is 37.2 Å². The van der Waals surface area contributed by atoms with Gasteiger partial charge < -0.3 is 14.2 Å². The molecule has 0 N–H and O–H groups in total. The number of ether oxygens (including phenoxy) is 3. The van der Waals surface area contributed by atoms with Crippen LogP contribution in [0.4, 0.5) is 0 Å². The van der Waals surface area contributed by atoms with Gasteiger partial charge in [0, 0.05) is 19.3 Å². The van der Waals surface area contributed by atoms with Crippen molar-refractivity contribution in [3.05, 3.63) is 72.9 Å². The van der Waals surface area contributed by atoms with E-state index in [0.29, 0.717) is 19.3 Å². The van der Waals surface area contributed by atoms with Gasteiger partial charge in [-0.05, 0) is 70.6 Å². The van der Waals surface area contributed by atoms with Crippen molar-refractivity contribution in [2.75, 3.05) is 13.2 Å². The van der Waals surface area contributed by atoms with Gasteiger partial charge in [-0.15, -0.1) is 0 Å². The summed E-state index contributed by atoms with van der Waals surface area (Å²) in [7, 11) is 0. The van der Waals surface area contributed by atoms with E-state index >= 15 is 0 Å². The molecule has 0 rings (SSSR count). The normalized spacial score (nSPS) is 12.6. The molecule has 0 saturated carbocycles. The van der Waals surface area contributed by atoms with Crippen molar-refractivity contribution in [1.82, 2.24) is 0 Å². The van der Waals surface area contributed by atoms with E-state index in [1.54, 1.807) is 0 Å². The molecule has 0 amide bonds. The molecule has 0 aromatic carbocycles. The maximum Gasteiger partial charge on any atom is 0.306 e. The first-order valence-corrected chi connectivity index (χ1v) is 27.9. The lowest BCUT2D eigenvalue weighted by Gasteiger charge is -2.18. The fourth-order valence-electron chi connectivity index (χ4n) is 7.80. The van der Waals surface area contributed by atoms with Gasteiger partial charge in [0.15, 0.2) is 6.10 Å². The standard InChI is InChI=1S/C60H104O6/c1-4-7-10-13-16-18-20-22-24-26-27-28-29-30-31-32-33-34-36-37-39-41-44-47-50-53-59(62)65-56-57(55-64-58(61)52-49-46-43-15-12-9-6-3)66-60(63)54-51-48-45-42-40-38-35-25-23-21-19-17-14-11-8-5-2/h7,10,16,18,22,24,27-28,30-31,33-34,57H,4-6,8-9,11-15,17,19-21,23,25-26,29,32,35-56H2,1-3H3/b10-7-,18-16-,24-22-,28-27-,31-30-,34-33-. The molecule has 0 aliphatic rings. The van der Waals surface area contributed by atoms with Crippen molar-refractivity contribution in [1.29, 1.82) is 0 Å². The second-order valence-electron chi connectivity index (χ2n) is 18.5. The Kier molecular flexibility index (Phi) is 51.9. The van der Waals surface area contributed by atoms with Crippen molar-refractivity contribution in [2.45, 2.75) is 277 Å². The highest BCUT2D eigenvalue weighted by Crippen LogP contribution is 2.16. The highest BCUT2D eigenvalue weighted by Gasteiger charge is 2.19. The van der Waals surface area contributed by atoms with Crippen molar-refractivity contribution < 1.29 is 28.6 Å². The quantitative estimate of drug-likeness (QED) is 0.0262. The van der Waals surface area contributed by atoms with Gasteiger partial charge in [0.05, 0.1) is 0 Å². The van der Waals surface area contributed by atoms with Crippen LogP contribution >= 0.6 is 0 Å². The van der Waals surface area contributed by atoms with Crippen LogP contribution < -0.4 is 0 Å². The molecule has 0 radical (unpaired) electrons. The van der Waals surface area contributed by atoms with Crippen LogP contribution in [0.15, 0.2) is 72.9 Å². The molecule has 0 bridgehead atoms. The zero-order valence-electron chi connectivity index (χ0n) is 43.4. The van der Waals surface area contributed by atoms with Crippen molar-refractivity contribution in [3.63, 3.8) is 0 Å². The maximum absolute atomic E-state index is 12.8. The molecule has 0 aromatic rings. The molecule has 0 aliphatic carbocycles. The Morgan fingerprint density at radius 1 is 0.318 bits per heavy atom. The summed E-state index contributed by atoms with van der Waals surface area (Å²) in [5.41, 5.74) is 0. The van der Waals surface area contributed by atoms with Crippen LogP contribution in [0.1, 0.15) is 271 Å². The van der Waals surface area contributed by atoms with Crippen LogP contribution in [0.5, 0.6) is 0 Å². The molecular weight excluding hydrogens is 817 g/mol. The van der Waals surface area contributed by atoms with Crippen molar-refractivity contribution >= 4 is 17.9 Å². The summed E-state index contributed by atoms with van der Waals surface area (Å²) in [5.74, 6) is -0.891. The van der Waals surface area contributed by atoms with E-state index in [-0.39, 0.29) is 31.1 Å². The van der Waals surface area contributed by atoms with Crippen LogP contribution in [0.25, 0.3) is 0 Å². The highest BCUT2D eigenvalue weighted by atomic mass is 16.6. The molecule has 380 valence electrons. The summed E-state index contributed by atoms with van der Waals surface area (Å²) in [6, 6.07) is 0. The average Bonchev–Trinajstić information content (AvgIpc) is 3.31. The monoisotopic (exact) mass is 921 g/mol. The first-order chi connectivity index (χ1) is 32.5. The Bertz CT molecular complexity index is 1240. The van der Waals surface area contributed by atoms with Crippen LogP contribution in [0.2, 0.25) is 0 Å². The molecule has 0 aliphatic heterocycles. The van der Waals surface area contributed by atoms with E-state index in [0.717, 1.165) is 103 Å². The fourth-order valence-corrected chi connectivity index (χ4v) is 7.80. The molecule has 0 spiro atoms. The van der Waals surface area contributed by atoms with Crippen molar-refractivity contribution in [2.24, 2.45) is 0 Å². The summed E-state index contributed by atoms with van der Waals surface area (Å²) in [5, 5.41) is 0. The predicted octanol–water partition coefficient (Wildman–Crippen LogP) is 18.6. The molecule has 6 nitrogen and oxygen atoms in total. The lowest BCUT2D eigenvalue weighted by Crippen LogP contribution is -2.30. The largest absolute Gasteiger partial charge is 0.462 e. The lowest BCUT2D eigenvalue weighted by atomic mass is 10.0. The zero-order valence-corrected chi connectivity index (χ0v) is 43.4. The summed E-state index contributed by atoms with van der Waals surface area (Å²) in [6.07, 6.45) is 69.1.